The number of Topliss-reactive ketones (excluding diaryl/α,β-unsaturated/α-hetero) is 1. The highest BCUT2D eigenvalue weighted by Crippen LogP contribution is 2.29. The van der Waals surface area contributed by atoms with Crippen molar-refractivity contribution in [2.75, 3.05) is 0 Å². The number of carbonyl (C=O) groups excluding carboxylic acids is 1. The summed E-state index contributed by atoms with van der Waals surface area (Å²) in [5, 5.41) is 9.62. The van der Waals surface area contributed by atoms with Crippen LogP contribution in [0, 0.1) is 12.8 Å². The van der Waals surface area contributed by atoms with Crippen molar-refractivity contribution in [1.82, 2.24) is 9.38 Å². The summed E-state index contributed by atoms with van der Waals surface area (Å²) >= 11 is 6.32. The zero-order chi connectivity index (χ0) is 26.5. The van der Waals surface area contributed by atoms with Gasteiger partial charge in [0.1, 0.15) is 11.4 Å². The van der Waals surface area contributed by atoms with E-state index in [-0.39, 0.29) is 30.6 Å². The van der Waals surface area contributed by atoms with Crippen LogP contribution in [0.5, 0.6) is 5.75 Å². The number of rotatable bonds is 11. The van der Waals surface area contributed by atoms with Gasteiger partial charge in [-0.15, -0.1) is 0 Å². The molecule has 0 saturated heterocycles. The molecule has 2 heterocycles. The Morgan fingerprint density at radius 3 is 2.51 bits per heavy atom. The minimum atomic E-state index is -0.867. The molecule has 0 aliphatic rings. The third-order valence-electron chi connectivity index (χ3n) is 6.31. The van der Waals surface area contributed by atoms with Gasteiger partial charge in [-0.3, -0.25) is 9.59 Å². The maximum Gasteiger partial charge on any atom is 0.303 e. The van der Waals surface area contributed by atoms with Crippen LogP contribution in [-0.2, 0) is 11.2 Å². The van der Waals surface area contributed by atoms with Crippen molar-refractivity contribution in [1.29, 1.82) is 0 Å². The molecule has 7 heteroatoms. The maximum absolute atomic E-state index is 13.1. The highest BCUT2D eigenvalue weighted by Gasteiger charge is 2.19. The van der Waals surface area contributed by atoms with Gasteiger partial charge < -0.3 is 14.2 Å². The van der Waals surface area contributed by atoms with E-state index in [1.54, 1.807) is 18.2 Å². The number of ketones is 1. The molecular weight excluding hydrogens is 488 g/mol. The predicted octanol–water partition coefficient (Wildman–Crippen LogP) is 7.05. The van der Waals surface area contributed by atoms with Crippen LogP contribution in [0.2, 0.25) is 5.02 Å². The summed E-state index contributed by atoms with van der Waals surface area (Å²) in [6.45, 7) is 5.86. The van der Waals surface area contributed by atoms with E-state index in [0.717, 1.165) is 28.0 Å². The Bertz CT molecular complexity index is 1410. The SMILES string of the molecule is Cc1cccn2cc(-c3ccc(CC(CCC(=O)O)CC(=O)c4ccc(OC(C)C)c(Cl)c4)cc3)nc12. The summed E-state index contributed by atoms with van der Waals surface area (Å²) in [4.78, 5) is 29.1. The first kappa shape index (κ1) is 26.4. The standard InChI is InChI=1S/C30H31ClN2O4/c1-19(2)37-28-12-11-24(17-25(28)31)27(34)16-22(8-13-29(35)36)15-21-6-9-23(10-7-21)26-18-33-14-4-5-20(3)30(33)32-26/h4-7,9-12,14,17-19,22H,8,13,15-16H2,1-3H3,(H,35,36). The van der Waals surface area contributed by atoms with Crippen LogP contribution < -0.4 is 4.74 Å². The third-order valence-corrected chi connectivity index (χ3v) is 6.60. The summed E-state index contributed by atoms with van der Waals surface area (Å²) in [6, 6.07) is 17.2. The molecule has 192 valence electrons. The Labute approximate surface area is 221 Å². The molecule has 0 aliphatic carbocycles. The molecule has 1 unspecified atom stereocenters. The summed E-state index contributed by atoms with van der Waals surface area (Å²) in [5.41, 5.74) is 5.48. The van der Waals surface area contributed by atoms with Gasteiger partial charge in [0.15, 0.2) is 5.78 Å². The zero-order valence-electron chi connectivity index (χ0n) is 21.3. The summed E-state index contributed by atoms with van der Waals surface area (Å²) in [7, 11) is 0. The van der Waals surface area contributed by atoms with Crippen LogP contribution in [0.3, 0.4) is 0 Å². The lowest BCUT2D eigenvalue weighted by molar-refractivity contribution is -0.137. The number of hydrogen-bond acceptors (Lipinski definition) is 4. The van der Waals surface area contributed by atoms with Gasteiger partial charge in [-0.1, -0.05) is 41.9 Å². The van der Waals surface area contributed by atoms with Gasteiger partial charge in [-0.25, -0.2) is 4.98 Å². The summed E-state index contributed by atoms with van der Waals surface area (Å²) in [6.07, 6.45) is 5.23. The number of ether oxygens (including phenoxy) is 1. The molecule has 0 saturated carbocycles. The van der Waals surface area contributed by atoms with E-state index in [4.69, 9.17) is 21.3 Å². The molecule has 0 radical (unpaired) electrons. The number of aliphatic carboxylic acids is 1. The fraction of sp³-hybridized carbons (Fsp3) is 0.300. The lowest BCUT2D eigenvalue weighted by Crippen LogP contribution is -2.14. The number of carbonyl (C=O) groups is 2. The Hall–Kier alpha value is -3.64. The number of hydrogen-bond donors (Lipinski definition) is 1. The van der Waals surface area contributed by atoms with Crippen molar-refractivity contribution in [3.8, 4) is 17.0 Å². The highest BCUT2D eigenvalue weighted by molar-refractivity contribution is 6.32. The molecule has 0 bridgehead atoms. The van der Waals surface area contributed by atoms with E-state index in [0.29, 0.717) is 29.2 Å². The Kier molecular flexibility index (Phi) is 8.29. The van der Waals surface area contributed by atoms with Crippen molar-refractivity contribution < 1.29 is 19.4 Å². The molecule has 0 amide bonds. The predicted molar refractivity (Wildman–Crippen MR) is 146 cm³/mol. The van der Waals surface area contributed by atoms with E-state index in [1.165, 1.54) is 0 Å². The second kappa shape index (κ2) is 11.6. The minimum Gasteiger partial charge on any atom is -0.489 e. The van der Waals surface area contributed by atoms with Gasteiger partial charge >= 0.3 is 5.97 Å². The normalized spacial score (nSPS) is 12.1. The van der Waals surface area contributed by atoms with Gasteiger partial charge in [0.05, 0.1) is 16.8 Å². The molecule has 2 aromatic heterocycles. The van der Waals surface area contributed by atoms with E-state index in [9.17, 15) is 14.7 Å². The van der Waals surface area contributed by atoms with Crippen LogP contribution in [0.15, 0.2) is 67.0 Å². The first-order valence-corrected chi connectivity index (χ1v) is 12.8. The Morgan fingerprint density at radius 1 is 1.11 bits per heavy atom. The van der Waals surface area contributed by atoms with Crippen LogP contribution in [-0.4, -0.2) is 32.3 Å². The molecule has 6 nitrogen and oxygen atoms in total. The number of carboxylic acids is 1. The summed E-state index contributed by atoms with van der Waals surface area (Å²) in [5.74, 6) is -0.507. The molecular formula is C30H31ClN2O4. The minimum absolute atomic E-state index is 0.0125. The first-order valence-electron chi connectivity index (χ1n) is 12.4. The van der Waals surface area contributed by atoms with Gasteiger partial charge in [-0.2, -0.15) is 0 Å². The second-order valence-electron chi connectivity index (χ2n) is 9.69. The third kappa shape index (κ3) is 6.77. The topological polar surface area (TPSA) is 80.9 Å². The van der Waals surface area contributed by atoms with Crippen molar-refractivity contribution >= 4 is 29.0 Å². The number of aromatic nitrogens is 2. The molecule has 0 aliphatic heterocycles. The number of benzene rings is 2. The van der Waals surface area contributed by atoms with Gasteiger partial charge in [-0.05, 0) is 74.9 Å². The molecule has 1 N–H and O–H groups in total. The number of halogens is 1. The lowest BCUT2D eigenvalue weighted by Gasteiger charge is -2.17. The number of aryl methyl sites for hydroxylation is 1. The van der Waals surface area contributed by atoms with Crippen LogP contribution in [0.1, 0.15) is 54.6 Å². The van der Waals surface area contributed by atoms with Crippen LogP contribution >= 0.6 is 11.6 Å². The fourth-order valence-electron chi connectivity index (χ4n) is 4.45. The quantitative estimate of drug-likeness (QED) is 0.215. The highest BCUT2D eigenvalue weighted by atomic mass is 35.5. The maximum atomic E-state index is 13.1. The van der Waals surface area contributed by atoms with Gasteiger partial charge in [0, 0.05) is 36.4 Å². The number of imidazole rings is 1. The van der Waals surface area contributed by atoms with E-state index in [2.05, 4.69) is 0 Å². The van der Waals surface area contributed by atoms with Crippen molar-refractivity contribution in [3.05, 3.63) is 88.7 Å². The van der Waals surface area contributed by atoms with Crippen molar-refractivity contribution in [2.24, 2.45) is 5.92 Å². The molecule has 1 atom stereocenters. The van der Waals surface area contributed by atoms with E-state index in [1.807, 2.05) is 74.0 Å². The van der Waals surface area contributed by atoms with Crippen molar-refractivity contribution in [2.45, 2.75) is 52.6 Å². The molecule has 0 fully saturated rings. The molecule has 37 heavy (non-hydrogen) atoms. The molecule has 0 spiro atoms. The lowest BCUT2D eigenvalue weighted by atomic mass is 9.88. The largest absolute Gasteiger partial charge is 0.489 e. The molecule has 4 aromatic rings. The van der Waals surface area contributed by atoms with Crippen LogP contribution in [0.4, 0.5) is 0 Å². The Morgan fingerprint density at radius 2 is 1.86 bits per heavy atom. The number of nitrogens with zero attached hydrogens (tertiary/aromatic N) is 2. The monoisotopic (exact) mass is 518 g/mol. The Balaban J connectivity index is 1.48. The summed E-state index contributed by atoms with van der Waals surface area (Å²) < 4.78 is 7.67. The fourth-order valence-corrected chi connectivity index (χ4v) is 4.67. The number of carboxylic acid groups (broad SMARTS) is 1. The molecule has 4 rings (SSSR count). The zero-order valence-corrected chi connectivity index (χ0v) is 22.0. The van der Waals surface area contributed by atoms with Crippen molar-refractivity contribution in [3.63, 3.8) is 0 Å². The molecule has 2 aromatic carbocycles. The van der Waals surface area contributed by atoms with Crippen LogP contribution in [0.25, 0.3) is 16.9 Å². The van der Waals surface area contributed by atoms with Gasteiger partial charge in [0.25, 0.3) is 0 Å². The van der Waals surface area contributed by atoms with Gasteiger partial charge in [0.2, 0.25) is 0 Å². The average Bonchev–Trinajstić information content (AvgIpc) is 3.30. The van der Waals surface area contributed by atoms with E-state index < -0.39 is 5.97 Å². The first-order chi connectivity index (χ1) is 17.7. The van der Waals surface area contributed by atoms with E-state index >= 15 is 0 Å². The smallest absolute Gasteiger partial charge is 0.303 e. The average molecular weight is 519 g/mol. The number of pyridine rings is 1. The number of fused-ring (bicyclic) bond motifs is 1. The second-order valence-corrected chi connectivity index (χ2v) is 10.1.